The normalized spacial score (nSPS) is 32.7. The van der Waals surface area contributed by atoms with Crippen molar-refractivity contribution in [2.24, 2.45) is 11.7 Å². The molecule has 2 fully saturated rings. The molecule has 0 aliphatic carbocycles. The van der Waals surface area contributed by atoms with Gasteiger partial charge in [0.05, 0.1) is 17.3 Å². The molecule has 0 spiro atoms. The second kappa shape index (κ2) is 6.52. The average molecular weight is 338 g/mol. The number of nitrogens with zero attached hydrogens (tertiary/aromatic N) is 1. The van der Waals surface area contributed by atoms with Crippen molar-refractivity contribution in [3.05, 3.63) is 0 Å². The molecular weight excluding hydrogens is 312 g/mol. The van der Waals surface area contributed by atoms with Gasteiger partial charge in [0.15, 0.2) is 9.84 Å². The first-order chi connectivity index (χ1) is 9.70. The largest absolute Gasteiger partial charge is 0.327 e. The van der Waals surface area contributed by atoms with Crippen LogP contribution in [0.2, 0.25) is 0 Å². The van der Waals surface area contributed by atoms with Gasteiger partial charge in [-0.25, -0.2) is 21.1 Å². The molecule has 2 aliphatic heterocycles. The SMILES string of the molecule is CS(=O)(=O)N1CCCC(CC(N)C2CCCCS2(=O)=O)C1. The van der Waals surface area contributed by atoms with Crippen LogP contribution in [0.4, 0.5) is 0 Å². The fourth-order valence-corrected chi connectivity index (χ4v) is 6.54. The lowest BCUT2D eigenvalue weighted by Crippen LogP contribution is -2.47. The summed E-state index contributed by atoms with van der Waals surface area (Å²) in [5, 5.41) is -0.445. The maximum atomic E-state index is 12.1. The lowest BCUT2D eigenvalue weighted by Gasteiger charge is -2.34. The van der Waals surface area contributed by atoms with Gasteiger partial charge in [0.2, 0.25) is 10.0 Å². The molecule has 0 saturated carbocycles. The molecule has 0 radical (unpaired) electrons. The van der Waals surface area contributed by atoms with Gasteiger partial charge in [0.25, 0.3) is 0 Å². The Hall–Kier alpha value is -0.180. The van der Waals surface area contributed by atoms with Gasteiger partial charge in [-0.15, -0.1) is 0 Å². The first-order valence-corrected chi connectivity index (χ1v) is 11.2. The molecule has 0 amide bonds. The summed E-state index contributed by atoms with van der Waals surface area (Å²) in [6, 6.07) is -0.375. The molecule has 8 heteroatoms. The van der Waals surface area contributed by atoms with Gasteiger partial charge in [-0.3, -0.25) is 0 Å². The maximum Gasteiger partial charge on any atom is 0.211 e. The number of piperidine rings is 1. The quantitative estimate of drug-likeness (QED) is 0.797. The summed E-state index contributed by atoms with van der Waals surface area (Å²) in [4.78, 5) is 0. The molecule has 0 aromatic rings. The zero-order valence-electron chi connectivity index (χ0n) is 12.6. The first-order valence-electron chi connectivity index (χ1n) is 7.62. The van der Waals surface area contributed by atoms with Gasteiger partial charge in [0, 0.05) is 19.1 Å². The Morgan fingerprint density at radius 3 is 2.57 bits per heavy atom. The molecular formula is C13H26N2O4S2. The van der Waals surface area contributed by atoms with Gasteiger partial charge >= 0.3 is 0 Å². The average Bonchev–Trinajstić information content (AvgIpc) is 2.37. The minimum Gasteiger partial charge on any atom is -0.327 e. The van der Waals surface area contributed by atoms with Gasteiger partial charge in [-0.05, 0) is 38.0 Å². The van der Waals surface area contributed by atoms with Crippen LogP contribution in [-0.2, 0) is 19.9 Å². The molecule has 2 saturated heterocycles. The third-order valence-corrected chi connectivity index (χ3v) is 8.30. The first kappa shape index (κ1) is 17.2. The van der Waals surface area contributed by atoms with Crippen molar-refractivity contribution >= 4 is 19.9 Å². The minimum absolute atomic E-state index is 0.167. The lowest BCUT2D eigenvalue weighted by atomic mass is 9.90. The van der Waals surface area contributed by atoms with Crippen molar-refractivity contribution in [2.45, 2.75) is 49.8 Å². The third-order valence-electron chi connectivity index (χ3n) is 4.66. The molecule has 0 aromatic carbocycles. The van der Waals surface area contributed by atoms with Gasteiger partial charge in [-0.2, -0.15) is 0 Å². The summed E-state index contributed by atoms with van der Waals surface area (Å²) in [6.07, 6.45) is 5.85. The van der Waals surface area contributed by atoms with E-state index in [1.54, 1.807) is 0 Å². The Morgan fingerprint density at radius 2 is 1.95 bits per heavy atom. The molecule has 3 atom stereocenters. The van der Waals surface area contributed by atoms with Crippen LogP contribution in [0.3, 0.4) is 0 Å². The predicted molar refractivity (Wildman–Crippen MR) is 83.2 cm³/mol. The molecule has 0 aromatic heterocycles. The zero-order valence-corrected chi connectivity index (χ0v) is 14.2. The van der Waals surface area contributed by atoms with E-state index in [2.05, 4.69) is 0 Å². The van der Waals surface area contributed by atoms with E-state index in [1.807, 2.05) is 0 Å². The van der Waals surface area contributed by atoms with Gasteiger partial charge < -0.3 is 5.73 Å². The van der Waals surface area contributed by atoms with E-state index in [-0.39, 0.29) is 17.7 Å². The summed E-state index contributed by atoms with van der Waals surface area (Å²) in [5.74, 6) is 0.409. The Kier molecular flexibility index (Phi) is 5.33. The van der Waals surface area contributed by atoms with Gasteiger partial charge in [0.1, 0.15) is 0 Å². The fraction of sp³-hybridized carbons (Fsp3) is 1.00. The number of nitrogens with two attached hydrogens (primary N) is 1. The van der Waals surface area contributed by atoms with Crippen LogP contribution in [-0.4, -0.2) is 57.5 Å². The lowest BCUT2D eigenvalue weighted by molar-refractivity contribution is 0.243. The third kappa shape index (κ3) is 4.40. The second-order valence-corrected chi connectivity index (χ2v) is 10.8. The van der Waals surface area contributed by atoms with Crippen LogP contribution >= 0.6 is 0 Å². The van der Waals surface area contributed by atoms with Crippen molar-refractivity contribution in [1.29, 1.82) is 0 Å². The molecule has 2 aliphatic rings. The van der Waals surface area contributed by atoms with Crippen LogP contribution < -0.4 is 5.73 Å². The van der Waals surface area contributed by atoms with Crippen molar-refractivity contribution in [1.82, 2.24) is 4.31 Å². The van der Waals surface area contributed by atoms with Crippen molar-refractivity contribution < 1.29 is 16.8 Å². The van der Waals surface area contributed by atoms with Crippen molar-refractivity contribution in [2.75, 3.05) is 25.1 Å². The molecule has 6 nitrogen and oxygen atoms in total. The standard InChI is InChI=1S/C13H26N2O4S2/c1-20(16,17)15-7-4-5-11(10-15)9-12(14)13-6-2-3-8-21(13,18)19/h11-13H,2-10,14H2,1H3. The number of sulfone groups is 1. The highest BCUT2D eigenvalue weighted by molar-refractivity contribution is 7.92. The van der Waals surface area contributed by atoms with Crippen molar-refractivity contribution in [3.63, 3.8) is 0 Å². The van der Waals surface area contributed by atoms with Crippen LogP contribution in [0.25, 0.3) is 0 Å². The summed E-state index contributed by atoms with van der Waals surface area (Å²) in [6.45, 7) is 1.03. The summed E-state index contributed by atoms with van der Waals surface area (Å²) < 4.78 is 48.9. The highest BCUT2D eigenvalue weighted by Crippen LogP contribution is 2.28. The molecule has 0 bridgehead atoms. The number of sulfonamides is 1. The number of rotatable bonds is 4. The van der Waals surface area contributed by atoms with E-state index in [0.717, 1.165) is 25.7 Å². The Morgan fingerprint density at radius 1 is 1.24 bits per heavy atom. The van der Waals surface area contributed by atoms with E-state index in [9.17, 15) is 16.8 Å². The highest BCUT2D eigenvalue weighted by Gasteiger charge is 2.36. The summed E-state index contributed by atoms with van der Waals surface area (Å²) in [7, 11) is -6.24. The summed E-state index contributed by atoms with van der Waals surface area (Å²) >= 11 is 0. The van der Waals surface area contributed by atoms with E-state index < -0.39 is 25.1 Å². The van der Waals surface area contributed by atoms with E-state index in [4.69, 9.17) is 5.73 Å². The molecule has 2 rings (SSSR count). The van der Waals surface area contributed by atoms with E-state index in [0.29, 0.717) is 25.9 Å². The van der Waals surface area contributed by atoms with E-state index >= 15 is 0 Å². The Balaban J connectivity index is 1.97. The fourth-order valence-electron chi connectivity index (χ4n) is 3.52. The molecule has 124 valence electrons. The van der Waals surface area contributed by atoms with Crippen LogP contribution in [0, 0.1) is 5.92 Å². The topological polar surface area (TPSA) is 97.5 Å². The highest BCUT2D eigenvalue weighted by atomic mass is 32.2. The Bertz CT molecular complexity index is 559. The molecule has 3 unspecified atom stereocenters. The number of hydrogen-bond acceptors (Lipinski definition) is 5. The van der Waals surface area contributed by atoms with Gasteiger partial charge in [-0.1, -0.05) is 6.42 Å². The summed E-state index contributed by atoms with van der Waals surface area (Å²) in [5.41, 5.74) is 6.16. The van der Waals surface area contributed by atoms with Crippen molar-refractivity contribution in [3.8, 4) is 0 Å². The zero-order chi connectivity index (χ0) is 15.7. The monoisotopic (exact) mass is 338 g/mol. The Labute approximate surface area is 128 Å². The smallest absolute Gasteiger partial charge is 0.211 e. The van der Waals surface area contributed by atoms with Crippen LogP contribution in [0.1, 0.15) is 38.5 Å². The number of hydrogen-bond donors (Lipinski definition) is 1. The van der Waals surface area contributed by atoms with Crippen LogP contribution in [0.5, 0.6) is 0 Å². The van der Waals surface area contributed by atoms with E-state index in [1.165, 1.54) is 10.6 Å². The minimum atomic E-state index is -3.17. The molecule has 21 heavy (non-hydrogen) atoms. The maximum absolute atomic E-state index is 12.1. The molecule has 2 heterocycles. The predicted octanol–water partition coefficient (Wildman–Crippen LogP) is 0.343. The molecule has 2 N–H and O–H groups in total. The van der Waals surface area contributed by atoms with Crippen LogP contribution in [0.15, 0.2) is 0 Å². The second-order valence-electron chi connectivity index (χ2n) is 6.43.